The Hall–Kier alpha value is -1.75. The van der Waals surface area contributed by atoms with Crippen LogP contribution in [0.15, 0.2) is 47.1 Å². The van der Waals surface area contributed by atoms with Gasteiger partial charge in [0.05, 0.1) is 17.8 Å². The smallest absolute Gasteiger partial charge is 0.255 e. The molecule has 3 nitrogen and oxygen atoms in total. The molecule has 0 atom stereocenters. The maximum Gasteiger partial charge on any atom is 0.255 e. The minimum absolute atomic E-state index is 0.0106. The van der Waals surface area contributed by atoms with Crippen molar-refractivity contribution in [2.45, 2.75) is 26.4 Å². The highest BCUT2D eigenvalue weighted by atomic mass is 79.9. The van der Waals surface area contributed by atoms with Crippen molar-refractivity contribution in [1.29, 1.82) is 0 Å². The highest BCUT2D eigenvalue weighted by Gasteiger charge is 2.21. The molecule has 21 heavy (non-hydrogen) atoms. The van der Waals surface area contributed by atoms with Crippen LogP contribution in [0.2, 0.25) is 0 Å². The molecule has 0 saturated heterocycles. The van der Waals surface area contributed by atoms with E-state index in [1.807, 2.05) is 32.0 Å². The number of nitrogens with zero attached hydrogens (tertiary/aromatic N) is 2. The summed E-state index contributed by atoms with van der Waals surface area (Å²) in [5.41, 5.74) is 1.26. The minimum Gasteiger partial charge on any atom is -0.330 e. The van der Waals surface area contributed by atoms with Gasteiger partial charge in [-0.2, -0.15) is 0 Å². The number of carbonyl (C=O) groups is 1. The second-order valence-electron chi connectivity index (χ2n) is 4.97. The van der Waals surface area contributed by atoms with Crippen LogP contribution in [0, 0.1) is 5.82 Å². The Morgan fingerprint density at radius 3 is 2.67 bits per heavy atom. The molecule has 0 fully saturated rings. The second-order valence-corrected chi connectivity index (χ2v) is 5.83. The Kier molecular flexibility index (Phi) is 5.07. The van der Waals surface area contributed by atoms with Gasteiger partial charge in [-0.25, -0.2) is 4.39 Å². The monoisotopic (exact) mass is 350 g/mol. The Balaban J connectivity index is 2.27. The number of halogens is 2. The van der Waals surface area contributed by atoms with Crippen LogP contribution >= 0.6 is 15.9 Å². The lowest BCUT2D eigenvalue weighted by Gasteiger charge is -2.27. The van der Waals surface area contributed by atoms with Crippen molar-refractivity contribution in [3.63, 3.8) is 0 Å². The van der Waals surface area contributed by atoms with E-state index in [2.05, 4.69) is 20.9 Å². The molecular weight excluding hydrogens is 335 g/mol. The Morgan fingerprint density at radius 2 is 2.10 bits per heavy atom. The van der Waals surface area contributed by atoms with Crippen LogP contribution < -0.4 is 0 Å². The molecule has 0 aliphatic carbocycles. The van der Waals surface area contributed by atoms with Gasteiger partial charge in [0.1, 0.15) is 5.82 Å². The summed E-state index contributed by atoms with van der Waals surface area (Å²) in [5, 5.41) is 0. The predicted molar refractivity (Wildman–Crippen MR) is 83.3 cm³/mol. The van der Waals surface area contributed by atoms with Gasteiger partial charge in [0.2, 0.25) is 0 Å². The average Bonchev–Trinajstić information content (AvgIpc) is 2.45. The molecule has 5 heteroatoms. The number of rotatable bonds is 4. The molecule has 0 aliphatic heterocycles. The fourth-order valence-electron chi connectivity index (χ4n) is 1.97. The number of amides is 1. The molecule has 1 aromatic heterocycles. The zero-order valence-corrected chi connectivity index (χ0v) is 13.5. The molecule has 2 rings (SSSR count). The molecular formula is C16H16BrFN2O. The van der Waals surface area contributed by atoms with E-state index in [4.69, 9.17) is 0 Å². The van der Waals surface area contributed by atoms with Gasteiger partial charge in [-0.15, -0.1) is 0 Å². The molecule has 0 spiro atoms. The van der Waals surface area contributed by atoms with Gasteiger partial charge in [-0.1, -0.05) is 6.07 Å². The van der Waals surface area contributed by atoms with Crippen molar-refractivity contribution in [3.8, 4) is 0 Å². The number of hydrogen-bond donors (Lipinski definition) is 0. The molecule has 0 aliphatic rings. The molecule has 0 bridgehead atoms. The summed E-state index contributed by atoms with van der Waals surface area (Å²) < 4.78 is 13.6. The number of pyridine rings is 1. The van der Waals surface area contributed by atoms with Gasteiger partial charge in [0, 0.05) is 16.7 Å². The number of benzene rings is 1. The van der Waals surface area contributed by atoms with Gasteiger partial charge in [0.15, 0.2) is 0 Å². The highest BCUT2D eigenvalue weighted by molar-refractivity contribution is 9.10. The second kappa shape index (κ2) is 6.80. The fourth-order valence-corrected chi connectivity index (χ4v) is 2.49. The standard InChI is InChI=1S/C16H16BrFN2O/c1-11(2)20(10-13-5-3-4-8-19-13)16(21)14-7-6-12(18)9-15(14)17/h3-9,11H,10H2,1-2H3. The summed E-state index contributed by atoms with van der Waals surface area (Å²) in [6.07, 6.45) is 1.70. The topological polar surface area (TPSA) is 33.2 Å². The molecule has 0 unspecified atom stereocenters. The van der Waals surface area contributed by atoms with E-state index in [1.54, 1.807) is 11.1 Å². The van der Waals surface area contributed by atoms with Crippen molar-refractivity contribution >= 4 is 21.8 Å². The Labute approximate surface area is 131 Å². The van der Waals surface area contributed by atoms with E-state index in [1.165, 1.54) is 18.2 Å². The van der Waals surface area contributed by atoms with Crippen LogP contribution in [-0.4, -0.2) is 21.8 Å². The van der Waals surface area contributed by atoms with E-state index in [0.29, 0.717) is 16.6 Å². The zero-order chi connectivity index (χ0) is 15.4. The van der Waals surface area contributed by atoms with E-state index < -0.39 is 0 Å². The largest absolute Gasteiger partial charge is 0.330 e. The van der Waals surface area contributed by atoms with Crippen LogP contribution in [0.1, 0.15) is 29.9 Å². The normalized spacial score (nSPS) is 10.7. The maximum atomic E-state index is 13.2. The summed E-state index contributed by atoms with van der Waals surface area (Å²) in [4.78, 5) is 18.6. The van der Waals surface area contributed by atoms with Gasteiger partial charge >= 0.3 is 0 Å². The first kappa shape index (κ1) is 15.6. The van der Waals surface area contributed by atoms with Crippen LogP contribution in [0.4, 0.5) is 4.39 Å². The van der Waals surface area contributed by atoms with E-state index >= 15 is 0 Å². The summed E-state index contributed by atoms with van der Waals surface area (Å²) in [6, 6.07) is 9.69. The predicted octanol–water partition coefficient (Wildman–Crippen LogP) is 4.03. The first-order chi connectivity index (χ1) is 9.99. The lowest BCUT2D eigenvalue weighted by atomic mass is 10.1. The quantitative estimate of drug-likeness (QED) is 0.833. The molecule has 0 saturated carbocycles. The summed E-state index contributed by atoms with van der Waals surface area (Å²) in [6.45, 7) is 4.30. The molecule has 2 aromatic rings. The van der Waals surface area contributed by atoms with Crippen LogP contribution in [0.25, 0.3) is 0 Å². The van der Waals surface area contributed by atoms with E-state index in [9.17, 15) is 9.18 Å². The molecule has 1 amide bonds. The van der Waals surface area contributed by atoms with Crippen LogP contribution in [0.3, 0.4) is 0 Å². The van der Waals surface area contributed by atoms with Gasteiger partial charge in [-0.3, -0.25) is 9.78 Å². The molecule has 110 valence electrons. The molecule has 1 heterocycles. The third kappa shape index (κ3) is 3.88. The van der Waals surface area contributed by atoms with Crippen molar-refractivity contribution in [2.24, 2.45) is 0 Å². The lowest BCUT2D eigenvalue weighted by Crippen LogP contribution is -2.36. The zero-order valence-electron chi connectivity index (χ0n) is 11.9. The van der Waals surface area contributed by atoms with Crippen LogP contribution in [0.5, 0.6) is 0 Å². The van der Waals surface area contributed by atoms with E-state index in [0.717, 1.165) is 5.69 Å². The number of carbonyl (C=O) groups excluding carboxylic acids is 1. The maximum absolute atomic E-state index is 13.2. The van der Waals surface area contributed by atoms with Crippen molar-refractivity contribution in [3.05, 3.63) is 64.1 Å². The third-order valence-corrected chi connectivity index (χ3v) is 3.76. The minimum atomic E-state index is -0.376. The van der Waals surface area contributed by atoms with Crippen molar-refractivity contribution in [2.75, 3.05) is 0 Å². The fraction of sp³-hybridized carbons (Fsp3) is 0.250. The first-order valence-electron chi connectivity index (χ1n) is 6.65. The average molecular weight is 351 g/mol. The number of hydrogen-bond acceptors (Lipinski definition) is 2. The Morgan fingerprint density at radius 1 is 1.33 bits per heavy atom. The lowest BCUT2D eigenvalue weighted by molar-refractivity contribution is 0.0687. The Bertz CT molecular complexity index is 631. The van der Waals surface area contributed by atoms with E-state index in [-0.39, 0.29) is 17.8 Å². The van der Waals surface area contributed by atoms with Gasteiger partial charge < -0.3 is 4.90 Å². The summed E-state index contributed by atoms with van der Waals surface area (Å²) in [7, 11) is 0. The first-order valence-corrected chi connectivity index (χ1v) is 7.44. The van der Waals surface area contributed by atoms with Gasteiger partial charge in [0.25, 0.3) is 5.91 Å². The summed E-state index contributed by atoms with van der Waals surface area (Å²) in [5.74, 6) is -0.526. The third-order valence-electron chi connectivity index (χ3n) is 3.10. The SMILES string of the molecule is CC(C)N(Cc1ccccn1)C(=O)c1ccc(F)cc1Br. The van der Waals surface area contributed by atoms with Crippen LogP contribution in [-0.2, 0) is 6.54 Å². The summed E-state index contributed by atoms with van der Waals surface area (Å²) >= 11 is 3.25. The highest BCUT2D eigenvalue weighted by Crippen LogP contribution is 2.21. The molecule has 1 aromatic carbocycles. The van der Waals surface area contributed by atoms with Crippen molar-refractivity contribution < 1.29 is 9.18 Å². The number of aromatic nitrogens is 1. The van der Waals surface area contributed by atoms with Gasteiger partial charge in [-0.05, 0) is 60.1 Å². The molecule has 0 radical (unpaired) electrons. The molecule has 0 N–H and O–H groups in total. The van der Waals surface area contributed by atoms with Crippen molar-refractivity contribution in [1.82, 2.24) is 9.88 Å².